The summed E-state index contributed by atoms with van der Waals surface area (Å²) in [6.45, 7) is 3.83. The topological polar surface area (TPSA) is 105 Å². The van der Waals surface area contributed by atoms with Gasteiger partial charge in [0.15, 0.2) is 0 Å². The first-order valence-corrected chi connectivity index (χ1v) is 11.8. The molecule has 2 heterocycles. The Morgan fingerprint density at radius 3 is 2.28 bits per heavy atom. The Hall–Kier alpha value is -3.63. The molecule has 1 aromatic carbocycles. The van der Waals surface area contributed by atoms with Gasteiger partial charge in [0.1, 0.15) is 11.7 Å². The van der Waals surface area contributed by atoms with Gasteiger partial charge >= 0.3 is 6.18 Å². The van der Waals surface area contributed by atoms with Crippen LogP contribution in [0.2, 0.25) is 0 Å². The number of aromatic nitrogens is 4. The predicted octanol–water partition coefficient (Wildman–Crippen LogP) is 4.53. The van der Waals surface area contributed by atoms with Crippen LogP contribution in [-0.2, 0) is 11.8 Å². The largest absolute Gasteiger partial charge is 0.391 e. The van der Waals surface area contributed by atoms with Crippen LogP contribution in [0.25, 0.3) is 11.1 Å². The fraction of sp³-hybridized carbons (Fsp3) is 0.440. The van der Waals surface area contributed by atoms with Crippen molar-refractivity contribution >= 4 is 17.5 Å². The lowest BCUT2D eigenvalue weighted by atomic mass is 9.78. The number of H-pyrrole nitrogens is 1. The van der Waals surface area contributed by atoms with E-state index in [2.05, 4.69) is 25.9 Å². The molecular formula is C25H29F3N6O2. The molecule has 3 aromatic rings. The molecule has 2 aromatic heterocycles. The number of rotatable bonds is 6. The molecule has 1 aliphatic rings. The van der Waals surface area contributed by atoms with E-state index in [-0.39, 0.29) is 31.4 Å². The Kier molecular flexibility index (Phi) is 7.18. The van der Waals surface area contributed by atoms with Crippen molar-refractivity contribution < 1.29 is 22.8 Å². The zero-order chi connectivity index (χ0) is 26.0. The van der Waals surface area contributed by atoms with Crippen molar-refractivity contribution in [1.82, 2.24) is 25.3 Å². The normalized spacial score (nSPS) is 19.1. The van der Waals surface area contributed by atoms with Crippen LogP contribution in [-0.4, -0.2) is 44.0 Å². The third-order valence-corrected chi connectivity index (χ3v) is 6.90. The van der Waals surface area contributed by atoms with Gasteiger partial charge in [-0.3, -0.25) is 19.4 Å². The minimum absolute atomic E-state index is 0.0718. The number of alkyl halides is 3. The smallest absolute Gasteiger partial charge is 0.339 e. The van der Waals surface area contributed by atoms with E-state index in [1.165, 1.54) is 16.9 Å². The molecule has 1 atom stereocenters. The van der Waals surface area contributed by atoms with Crippen molar-refractivity contribution in [2.24, 2.45) is 18.9 Å². The highest BCUT2D eigenvalue weighted by atomic mass is 19.4. The molecule has 2 amide bonds. The number of hydrogen-bond acceptors (Lipinski definition) is 4. The van der Waals surface area contributed by atoms with Crippen molar-refractivity contribution in [2.75, 3.05) is 5.32 Å². The maximum absolute atomic E-state index is 13.3. The first-order valence-electron chi connectivity index (χ1n) is 11.8. The number of benzene rings is 1. The molecular weight excluding hydrogens is 473 g/mol. The van der Waals surface area contributed by atoms with Crippen LogP contribution in [0.15, 0.2) is 36.5 Å². The average molecular weight is 503 g/mol. The second kappa shape index (κ2) is 10.2. The number of anilines is 1. The average Bonchev–Trinajstić information content (AvgIpc) is 3.42. The van der Waals surface area contributed by atoms with Gasteiger partial charge in [-0.2, -0.15) is 23.4 Å². The van der Waals surface area contributed by atoms with Crippen LogP contribution in [0, 0.1) is 25.7 Å². The number of nitrogens with zero attached hydrogens (tertiary/aromatic N) is 3. The van der Waals surface area contributed by atoms with E-state index < -0.39 is 35.9 Å². The number of aryl methyl sites for hydroxylation is 3. The predicted molar refractivity (Wildman–Crippen MR) is 128 cm³/mol. The maximum atomic E-state index is 13.3. The Bertz CT molecular complexity index is 1200. The summed E-state index contributed by atoms with van der Waals surface area (Å²) in [6.07, 6.45) is -2.56. The van der Waals surface area contributed by atoms with Gasteiger partial charge in [-0.05, 0) is 69.2 Å². The number of nitrogens with one attached hydrogen (secondary N) is 3. The van der Waals surface area contributed by atoms with Gasteiger partial charge in [-0.25, -0.2) is 0 Å². The van der Waals surface area contributed by atoms with Gasteiger partial charge in [0.25, 0.3) is 5.91 Å². The molecule has 1 aliphatic carbocycles. The summed E-state index contributed by atoms with van der Waals surface area (Å²) in [5.41, 5.74) is 4.48. The van der Waals surface area contributed by atoms with Gasteiger partial charge in [0.2, 0.25) is 5.91 Å². The van der Waals surface area contributed by atoms with Crippen molar-refractivity contribution in [3.05, 3.63) is 53.6 Å². The number of halogens is 3. The van der Waals surface area contributed by atoms with E-state index in [1.807, 2.05) is 26.0 Å². The molecule has 11 heteroatoms. The van der Waals surface area contributed by atoms with Crippen molar-refractivity contribution in [1.29, 1.82) is 0 Å². The summed E-state index contributed by atoms with van der Waals surface area (Å²) in [5.74, 6) is -2.78. The first kappa shape index (κ1) is 25.5. The van der Waals surface area contributed by atoms with Crippen LogP contribution in [0.5, 0.6) is 0 Å². The van der Waals surface area contributed by atoms with Crippen LogP contribution in [0.3, 0.4) is 0 Å². The summed E-state index contributed by atoms with van der Waals surface area (Å²) in [5, 5.41) is 16.7. The lowest BCUT2D eigenvalue weighted by Gasteiger charge is -2.34. The quantitative estimate of drug-likeness (QED) is 0.461. The van der Waals surface area contributed by atoms with Gasteiger partial charge in [-0.15, -0.1) is 0 Å². The highest BCUT2D eigenvalue weighted by Gasteiger charge is 2.43. The van der Waals surface area contributed by atoms with E-state index in [0.29, 0.717) is 5.69 Å². The Balaban J connectivity index is 1.51. The summed E-state index contributed by atoms with van der Waals surface area (Å²) in [7, 11) is 1.60. The molecule has 0 aliphatic heterocycles. The lowest BCUT2D eigenvalue weighted by molar-refractivity contribution is -0.184. The second-order valence-electron chi connectivity index (χ2n) is 9.32. The first-order chi connectivity index (χ1) is 17.0. The van der Waals surface area contributed by atoms with Gasteiger partial charge in [0, 0.05) is 30.2 Å². The third kappa shape index (κ3) is 5.44. The second-order valence-corrected chi connectivity index (χ2v) is 9.32. The van der Waals surface area contributed by atoms with E-state index in [1.54, 1.807) is 19.2 Å². The summed E-state index contributed by atoms with van der Waals surface area (Å²) >= 11 is 0. The number of hydrogen-bond donors (Lipinski definition) is 3. The van der Waals surface area contributed by atoms with Crippen LogP contribution in [0.4, 0.5) is 18.9 Å². The van der Waals surface area contributed by atoms with Gasteiger partial charge < -0.3 is 10.6 Å². The molecule has 0 unspecified atom stereocenters. The zero-order valence-electron chi connectivity index (χ0n) is 20.3. The molecule has 4 rings (SSSR count). The number of carbonyl (C=O) groups excluding carboxylic acids is 2. The fourth-order valence-corrected chi connectivity index (χ4v) is 4.91. The molecule has 3 N–H and O–H groups in total. The molecule has 0 radical (unpaired) electrons. The van der Waals surface area contributed by atoms with E-state index in [0.717, 1.165) is 22.5 Å². The number of amides is 2. The molecule has 1 fully saturated rings. The maximum Gasteiger partial charge on any atom is 0.391 e. The van der Waals surface area contributed by atoms with Crippen molar-refractivity contribution in [3.8, 4) is 11.1 Å². The van der Waals surface area contributed by atoms with Crippen molar-refractivity contribution in [3.63, 3.8) is 0 Å². The monoisotopic (exact) mass is 502 g/mol. The Morgan fingerprint density at radius 1 is 1.08 bits per heavy atom. The highest BCUT2D eigenvalue weighted by molar-refractivity contribution is 6.00. The minimum Gasteiger partial charge on any atom is -0.339 e. The molecule has 0 saturated heterocycles. The standard InChI is InChI=1S/C25H29F3N6O2/c1-14-21(15(2)33-32-14)16-6-10-19(11-7-16)30-24(36)22(31-23(35)20-12-13-29-34(20)3)17-4-8-18(9-5-17)25(26,27)28/h6-7,10-13,17-18,22H,4-5,8-9H2,1-3H3,(H,30,36)(H,31,35)(H,32,33)/t17?,18?,22-/m0/s1. The molecule has 192 valence electrons. The molecule has 8 nitrogen and oxygen atoms in total. The summed E-state index contributed by atoms with van der Waals surface area (Å²) < 4.78 is 40.9. The number of aromatic amines is 1. The van der Waals surface area contributed by atoms with E-state index in [9.17, 15) is 22.8 Å². The van der Waals surface area contributed by atoms with E-state index >= 15 is 0 Å². The Morgan fingerprint density at radius 2 is 1.75 bits per heavy atom. The van der Waals surface area contributed by atoms with Crippen molar-refractivity contribution in [2.45, 2.75) is 51.7 Å². The zero-order valence-corrected chi connectivity index (χ0v) is 20.3. The molecule has 36 heavy (non-hydrogen) atoms. The third-order valence-electron chi connectivity index (χ3n) is 6.90. The fourth-order valence-electron chi connectivity index (χ4n) is 4.91. The minimum atomic E-state index is -4.26. The summed E-state index contributed by atoms with van der Waals surface area (Å²) in [6, 6.07) is 7.75. The van der Waals surface area contributed by atoms with Crippen LogP contribution < -0.4 is 10.6 Å². The van der Waals surface area contributed by atoms with Crippen LogP contribution >= 0.6 is 0 Å². The molecule has 0 spiro atoms. The Labute approximate surface area is 206 Å². The molecule has 0 bridgehead atoms. The molecule has 1 saturated carbocycles. The SMILES string of the molecule is Cc1n[nH]c(C)c1-c1ccc(NC(=O)[C@@H](NC(=O)c2ccnn2C)C2CCC(C(F)(F)F)CC2)cc1. The highest BCUT2D eigenvalue weighted by Crippen LogP contribution is 2.40. The van der Waals surface area contributed by atoms with Gasteiger partial charge in [-0.1, -0.05) is 12.1 Å². The van der Waals surface area contributed by atoms with Gasteiger partial charge in [0.05, 0.1) is 11.6 Å². The summed E-state index contributed by atoms with van der Waals surface area (Å²) in [4.78, 5) is 26.2. The van der Waals surface area contributed by atoms with E-state index in [4.69, 9.17) is 0 Å². The van der Waals surface area contributed by atoms with Crippen LogP contribution in [0.1, 0.15) is 47.6 Å². The number of carbonyl (C=O) groups is 2. The lowest BCUT2D eigenvalue weighted by Crippen LogP contribution is -2.50.